The predicted molar refractivity (Wildman–Crippen MR) is 54.1 cm³/mol. The minimum absolute atomic E-state index is 0.308. The molecule has 0 aromatic carbocycles. The van der Waals surface area contributed by atoms with Crippen molar-refractivity contribution in [2.24, 2.45) is 4.99 Å². The van der Waals surface area contributed by atoms with Gasteiger partial charge in [0.25, 0.3) is 0 Å². The first kappa shape index (κ1) is 11.5. The molecule has 0 aliphatic carbocycles. The van der Waals surface area contributed by atoms with Crippen molar-refractivity contribution in [3.63, 3.8) is 0 Å². The molecule has 0 bridgehead atoms. The van der Waals surface area contributed by atoms with Gasteiger partial charge in [-0.1, -0.05) is 15.9 Å². The van der Waals surface area contributed by atoms with E-state index in [1.165, 1.54) is 11.2 Å². The van der Waals surface area contributed by atoms with Gasteiger partial charge >= 0.3 is 6.18 Å². The lowest BCUT2D eigenvalue weighted by Crippen LogP contribution is -2.42. The van der Waals surface area contributed by atoms with Gasteiger partial charge in [-0.3, -0.25) is 0 Å². The summed E-state index contributed by atoms with van der Waals surface area (Å²) in [6.45, 7) is -1.35. The van der Waals surface area contributed by atoms with E-state index in [4.69, 9.17) is 0 Å². The Morgan fingerprint density at radius 2 is 2.25 bits per heavy atom. The number of hydrogen-bond donors (Lipinski definition) is 0. The van der Waals surface area contributed by atoms with Crippen molar-refractivity contribution in [2.75, 3.05) is 6.61 Å². The molecule has 8 heteroatoms. The van der Waals surface area contributed by atoms with Crippen LogP contribution in [0.2, 0.25) is 0 Å². The number of aliphatic imine (C=N–C) groups is 1. The fraction of sp³-hybridized carbons (Fsp3) is 0.375. The summed E-state index contributed by atoms with van der Waals surface area (Å²) in [6.07, 6.45) is 1.81. The number of allylic oxidation sites excluding steroid dienone is 2. The third-order valence-corrected chi connectivity index (χ3v) is 2.45. The maximum absolute atomic E-state index is 12.0. The van der Waals surface area contributed by atoms with E-state index in [-0.39, 0.29) is 4.95 Å². The van der Waals surface area contributed by atoms with E-state index in [0.29, 0.717) is 5.82 Å². The van der Waals surface area contributed by atoms with Gasteiger partial charge in [0.15, 0.2) is 6.61 Å². The van der Waals surface area contributed by atoms with E-state index >= 15 is 0 Å². The van der Waals surface area contributed by atoms with Gasteiger partial charge in [0.05, 0.1) is 6.20 Å². The molecule has 0 amide bonds. The molecule has 4 nitrogen and oxygen atoms in total. The quantitative estimate of drug-likeness (QED) is 0.578. The van der Waals surface area contributed by atoms with Gasteiger partial charge in [-0.25, -0.2) is 14.8 Å². The number of fused-ring (bicyclic) bond motifs is 1. The van der Waals surface area contributed by atoms with Crippen LogP contribution in [0.25, 0.3) is 0 Å². The minimum atomic E-state index is -4.36. The Morgan fingerprint density at radius 1 is 1.50 bits per heavy atom. The zero-order valence-corrected chi connectivity index (χ0v) is 9.44. The van der Waals surface area contributed by atoms with E-state index in [1.807, 2.05) is 0 Å². The number of halogens is 4. The van der Waals surface area contributed by atoms with Crippen molar-refractivity contribution in [2.45, 2.75) is 11.1 Å². The first-order valence-corrected chi connectivity index (χ1v) is 5.24. The van der Waals surface area contributed by atoms with E-state index in [1.54, 1.807) is 18.4 Å². The lowest BCUT2D eigenvalue weighted by atomic mass is 10.5. The summed E-state index contributed by atoms with van der Waals surface area (Å²) in [7, 11) is 0. The van der Waals surface area contributed by atoms with Gasteiger partial charge < -0.3 is 0 Å². The summed E-state index contributed by atoms with van der Waals surface area (Å²) in [6, 6.07) is 0. The van der Waals surface area contributed by atoms with Crippen LogP contribution in [0, 0.1) is 0 Å². The van der Waals surface area contributed by atoms with Crippen LogP contribution >= 0.6 is 15.9 Å². The summed E-state index contributed by atoms with van der Waals surface area (Å²) in [5.41, 5.74) is 0. The average Bonchev–Trinajstić information content (AvgIpc) is 2.57. The third-order valence-electron chi connectivity index (χ3n) is 1.83. The first-order chi connectivity index (χ1) is 7.47. The maximum atomic E-state index is 12.0. The Kier molecular flexibility index (Phi) is 2.94. The molecule has 0 aromatic rings. The Balaban J connectivity index is 2.02. The highest BCUT2D eigenvalue weighted by Crippen LogP contribution is 2.27. The second-order valence-corrected chi connectivity index (χ2v) is 3.99. The number of nitrogens with zero attached hydrogens (tertiary/aromatic N) is 3. The SMILES string of the molecule is FC(F)(F)CON1C=CC=C2N=CC(Br)N21. The first-order valence-electron chi connectivity index (χ1n) is 4.32. The third kappa shape index (κ3) is 2.38. The molecule has 0 spiro atoms. The molecule has 2 aliphatic rings. The fourth-order valence-electron chi connectivity index (χ4n) is 1.23. The molecule has 1 atom stereocenters. The average molecular weight is 298 g/mol. The van der Waals surface area contributed by atoms with Gasteiger partial charge in [-0.15, -0.1) is 0 Å². The van der Waals surface area contributed by atoms with Gasteiger partial charge in [0, 0.05) is 6.21 Å². The van der Waals surface area contributed by atoms with Gasteiger partial charge in [-0.2, -0.15) is 18.3 Å². The summed E-state index contributed by atoms with van der Waals surface area (Å²) in [4.78, 5) is 8.31. The largest absolute Gasteiger partial charge is 0.414 e. The molecule has 2 aliphatic heterocycles. The van der Waals surface area contributed by atoms with E-state index < -0.39 is 12.8 Å². The van der Waals surface area contributed by atoms with Crippen LogP contribution < -0.4 is 0 Å². The smallest absolute Gasteiger partial charge is 0.244 e. The van der Waals surface area contributed by atoms with Gasteiger partial charge in [0.1, 0.15) is 10.8 Å². The molecule has 0 aromatic heterocycles. The summed E-state index contributed by atoms with van der Waals surface area (Å²) in [5.74, 6) is 0.520. The van der Waals surface area contributed by atoms with Crippen LogP contribution in [0.4, 0.5) is 13.2 Å². The molecule has 0 N–H and O–H groups in total. The Bertz CT molecular complexity index is 366. The normalized spacial score (nSPS) is 23.8. The van der Waals surface area contributed by atoms with Crippen LogP contribution in [0.1, 0.15) is 0 Å². The number of hydrazine groups is 1. The highest BCUT2D eigenvalue weighted by atomic mass is 79.9. The van der Waals surface area contributed by atoms with Gasteiger partial charge in [-0.05, 0) is 12.2 Å². The zero-order chi connectivity index (χ0) is 11.8. The van der Waals surface area contributed by atoms with Gasteiger partial charge in [0.2, 0.25) is 0 Å². The predicted octanol–water partition coefficient (Wildman–Crippen LogP) is 2.17. The Hall–Kier alpha value is -1.02. The summed E-state index contributed by atoms with van der Waals surface area (Å²) in [5, 5.41) is 2.46. The van der Waals surface area contributed by atoms with Crippen LogP contribution in [-0.2, 0) is 4.84 Å². The van der Waals surface area contributed by atoms with Crippen molar-refractivity contribution < 1.29 is 18.0 Å². The van der Waals surface area contributed by atoms with Crippen LogP contribution in [0.5, 0.6) is 0 Å². The zero-order valence-electron chi connectivity index (χ0n) is 7.86. The summed E-state index contributed by atoms with van der Waals surface area (Å²) >= 11 is 3.24. The molecule has 1 unspecified atom stereocenters. The topological polar surface area (TPSA) is 28.1 Å². The van der Waals surface area contributed by atoms with Crippen molar-refractivity contribution in [3.05, 3.63) is 24.2 Å². The molecule has 2 rings (SSSR count). The molecular weight excluding hydrogens is 291 g/mol. The molecule has 88 valence electrons. The molecule has 0 radical (unpaired) electrons. The number of rotatable bonds is 2. The number of hydrogen-bond acceptors (Lipinski definition) is 4. The molecule has 0 saturated carbocycles. The highest BCUT2D eigenvalue weighted by molar-refractivity contribution is 9.09. The lowest BCUT2D eigenvalue weighted by Gasteiger charge is -2.34. The van der Waals surface area contributed by atoms with Crippen molar-refractivity contribution in [1.82, 2.24) is 10.2 Å². The van der Waals surface area contributed by atoms with Crippen LogP contribution in [0.15, 0.2) is 29.2 Å². The van der Waals surface area contributed by atoms with E-state index in [0.717, 1.165) is 5.17 Å². The van der Waals surface area contributed by atoms with Crippen LogP contribution in [0.3, 0.4) is 0 Å². The van der Waals surface area contributed by atoms with Crippen molar-refractivity contribution in [1.29, 1.82) is 0 Å². The highest BCUT2D eigenvalue weighted by Gasteiger charge is 2.33. The molecule has 0 saturated heterocycles. The Labute approximate surface area is 97.7 Å². The molecule has 2 heterocycles. The van der Waals surface area contributed by atoms with Crippen LogP contribution in [-0.4, -0.2) is 34.1 Å². The number of hydroxylamine groups is 1. The molecule has 16 heavy (non-hydrogen) atoms. The van der Waals surface area contributed by atoms with E-state index in [2.05, 4.69) is 25.8 Å². The summed E-state index contributed by atoms with van der Waals surface area (Å²) < 4.78 is 36.0. The second kappa shape index (κ2) is 4.10. The van der Waals surface area contributed by atoms with E-state index in [9.17, 15) is 13.2 Å². The standard InChI is InChI=1S/C8H7BrF3N3O/c9-6-4-13-7-2-1-3-14(15(6)7)16-5-8(10,11)12/h1-4,6H,5H2. The van der Waals surface area contributed by atoms with Crippen molar-refractivity contribution in [3.8, 4) is 0 Å². The maximum Gasteiger partial charge on any atom is 0.414 e. The second-order valence-electron chi connectivity index (χ2n) is 3.05. The molecular formula is C8H7BrF3N3O. The van der Waals surface area contributed by atoms with Crippen molar-refractivity contribution >= 4 is 22.1 Å². The monoisotopic (exact) mass is 297 g/mol. The lowest BCUT2D eigenvalue weighted by molar-refractivity contribution is -0.291. The number of alkyl halides is 4. The Morgan fingerprint density at radius 3 is 2.94 bits per heavy atom. The minimum Gasteiger partial charge on any atom is -0.244 e. The fourth-order valence-corrected chi connectivity index (χ4v) is 1.74. The molecule has 0 fully saturated rings.